The van der Waals surface area contributed by atoms with Crippen molar-refractivity contribution in [1.82, 2.24) is 0 Å². The Morgan fingerprint density at radius 2 is 1.85 bits per heavy atom. The van der Waals surface area contributed by atoms with Crippen molar-refractivity contribution in [3.05, 3.63) is 13.8 Å². The molecule has 0 fully saturated rings. The topological polar surface area (TPSA) is 53.2 Å². The van der Waals surface area contributed by atoms with Crippen LogP contribution in [0.15, 0.2) is 0 Å². The van der Waals surface area contributed by atoms with E-state index < -0.39 is 0 Å². The summed E-state index contributed by atoms with van der Waals surface area (Å²) in [5, 5.41) is 15.9. The van der Waals surface area contributed by atoms with Gasteiger partial charge in [-0.3, -0.25) is 0 Å². The highest BCUT2D eigenvalue weighted by Gasteiger charge is 1.85. The Kier molecular flexibility index (Phi) is 20.0. The van der Waals surface area contributed by atoms with Gasteiger partial charge in [-0.25, -0.2) is 0 Å². The fourth-order valence-corrected chi connectivity index (χ4v) is 0.520. The van der Waals surface area contributed by atoms with Crippen molar-refractivity contribution in [3.63, 3.8) is 0 Å². The van der Waals surface area contributed by atoms with Crippen molar-refractivity contribution in [3.8, 4) is 6.07 Å². The molecule has 3 heteroatoms. The van der Waals surface area contributed by atoms with Gasteiger partial charge in [0.2, 0.25) is 0 Å². The van der Waals surface area contributed by atoms with Crippen LogP contribution >= 0.6 is 0 Å². The first-order valence-electron chi connectivity index (χ1n) is 4.47. The Labute approximate surface area is 81.3 Å². The highest BCUT2D eigenvalue weighted by molar-refractivity contribution is 4.68. The highest BCUT2D eigenvalue weighted by atomic mass is 16.5. The molecule has 1 N–H and O–H groups in total. The summed E-state index contributed by atoms with van der Waals surface area (Å²) < 4.78 is 5.11. The molecular formula is C10H19NO2. The smallest absolute Gasteiger partial charge is 0.0621 e. The van der Waals surface area contributed by atoms with E-state index in [1.807, 2.05) is 6.07 Å². The quantitative estimate of drug-likeness (QED) is 0.641. The number of unbranched alkanes of at least 4 members (excludes halogenated alkanes) is 1. The summed E-state index contributed by atoms with van der Waals surface area (Å²) in [5.41, 5.74) is 0. The Balaban J connectivity index is 0. The molecule has 0 rings (SSSR count). The maximum atomic E-state index is 8.35. The van der Waals surface area contributed by atoms with Crippen LogP contribution < -0.4 is 0 Å². The molecule has 76 valence electrons. The molecule has 13 heavy (non-hydrogen) atoms. The SMILES string of the molecule is [CH2]CC#N.[CH2]CCOCCCCO. The molecule has 0 amide bonds. The molecule has 2 radical (unpaired) electrons. The normalized spacial score (nSPS) is 8.46. The van der Waals surface area contributed by atoms with Gasteiger partial charge in [0.25, 0.3) is 0 Å². The van der Waals surface area contributed by atoms with Crippen molar-refractivity contribution >= 4 is 0 Å². The summed E-state index contributed by atoms with van der Waals surface area (Å²) >= 11 is 0. The van der Waals surface area contributed by atoms with E-state index in [1.54, 1.807) is 0 Å². The van der Waals surface area contributed by atoms with Crippen molar-refractivity contribution in [2.75, 3.05) is 19.8 Å². The molecule has 0 bridgehead atoms. The molecule has 0 heterocycles. The molecule has 0 aliphatic rings. The minimum Gasteiger partial charge on any atom is -0.396 e. The van der Waals surface area contributed by atoms with Gasteiger partial charge < -0.3 is 9.84 Å². The third-order valence-corrected chi connectivity index (χ3v) is 1.10. The van der Waals surface area contributed by atoms with E-state index in [1.165, 1.54) is 0 Å². The number of hydrogen-bond acceptors (Lipinski definition) is 3. The average molecular weight is 185 g/mol. The average Bonchev–Trinajstić information content (AvgIpc) is 2.18. The first-order chi connectivity index (χ1) is 6.33. The van der Waals surface area contributed by atoms with E-state index >= 15 is 0 Å². The van der Waals surface area contributed by atoms with Crippen LogP contribution in [-0.2, 0) is 4.74 Å². The van der Waals surface area contributed by atoms with Gasteiger partial charge in [-0.15, -0.1) is 0 Å². The largest absolute Gasteiger partial charge is 0.396 e. The van der Waals surface area contributed by atoms with Crippen LogP contribution in [0.5, 0.6) is 0 Å². The van der Waals surface area contributed by atoms with Gasteiger partial charge >= 0.3 is 0 Å². The highest BCUT2D eigenvalue weighted by Crippen LogP contribution is 1.88. The lowest BCUT2D eigenvalue weighted by Gasteiger charge is -1.99. The van der Waals surface area contributed by atoms with Gasteiger partial charge in [0.1, 0.15) is 0 Å². The number of nitriles is 1. The Morgan fingerprint density at radius 1 is 1.23 bits per heavy atom. The number of hydrogen-bond donors (Lipinski definition) is 1. The summed E-state index contributed by atoms with van der Waals surface area (Å²) in [5.74, 6) is 0. The molecule has 0 aromatic rings. The monoisotopic (exact) mass is 185 g/mol. The summed E-state index contributed by atoms with van der Waals surface area (Å²) in [6.07, 6.45) is 3.01. The van der Waals surface area contributed by atoms with Crippen LogP contribution in [0.2, 0.25) is 0 Å². The molecule has 0 aromatic carbocycles. The standard InChI is InChI=1S/C7H15O2.C3H4N/c1-2-6-9-7-4-3-5-8;1-2-3-4/h8H,1-7H2;1-2H2. The first-order valence-corrected chi connectivity index (χ1v) is 4.47. The molecule has 0 aliphatic heterocycles. The third kappa shape index (κ3) is 24.6. The predicted octanol–water partition coefficient (Wildman–Crippen LogP) is 1.73. The zero-order chi connectivity index (χ0) is 10.4. The Bertz CT molecular complexity index is 104. The first kappa shape index (κ1) is 14.9. The Hall–Kier alpha value is -0.590. The molecule has 0 aliphatic carbocycles. The molecule has 0 spiro atoms. The lowest BCUT2D eigenvalue weighted by molar-refractivity contribution is 0.129. The maximum absolute atomic E-state index is 8.35. The second-order valence-electron chi connectivity index (χ2n) is 2.30. The maximum Gasteiger partial charge on any atom is 0.0621 e. The van der Waals surface area contributed by atoms with E-state index in [2.05, 4.69) is 13.8 Å². The summed E-state index contributed by atoms with van der Waals surface area (Å²) in [6.45, 7) is 8.65. The van der Waals surface area contributed by atoms with Crippen molar-refractivity contribution < 1.29 is 9.84 Å². The zero-order valence-electron chi connectivity index (χ0n) is 8.17. The zero-order valence-corrected chi connectivity index (χ0v) is 8.17. The van der Waals surface area contributed by atoms with Crippen LogP contribution in [-0.4, -0.2) is 24.9 Å². The number of aliphatic hydroxyl groups excluding tert-OH is 1. The second-order valence-corrected chi connectivity index (χ2v) is 2.30. The number of rotatable bonds is 6. The van der Waals surface area contributed by atoms with Crippen molar-refractivity contribution in [2.24, 2.45) is 0 Å². The van der Waals surface area contributed by atoms with Crippen molar-refractivity contribution in [1.29, 1.82) is 5.26 Å². The summed E-state index contributed by atoms with van der Waals surface area (Å²) in [6, 6.07) is 1.82. The van der Waals surface area contributed by atoms with Gasteiger partial charge in [-0.05, 0) is 26.2 Å². The minimum atomic E-state index is 0.272. The van der Waals surface area contributed by atoms with Crippen LogP contribution in [0.4, 0.5) is 0 Å². The van der Waals surface area contributed by atoms with Gasteiger partial charge in [-0.2, -0.15) is 5.26 Å². The fraction of sp³-hybridized carbons (Fsp3) is 0.700. The van der Waals surface area contributed by atoms with E-state index in [4.69, 9.17) is 15.1 Å². The van der Waals surface area contributed by atoms with Gasteiger partial charge in [0, 0.05) is 26.2 Å². The third-order valence-electron chi connectivity index (χ3n) is 1.10. The van der Waals surface area contributed by atoms with E-state index in [0.29, 0.717) is 6.42 Å². The van der Waals surface area contributed by atoms with Crippen molar-refractivity contribution in [2.45, 2.75) is 25.7 Å². The molecule has 0 atom stereocenters. The predicted molar refractivity (Wildman–Crippen MR) is 52.7 cm³/mol. The molecular weight excluding hydrogens is 166 g/mol. The Morgan fingerprint density at radius 3 is 2.23 bits per heavy atom. The molecule has 0 saturated carbocycles. The summed E-state index contributed by atoms with van der Waals surface area (Å²) in [4.78, 5) is 0. The fourth-order valence-electron chi connectivity index (χ4n) is 0.520. The lowest BCUT2D eigenvalue weighted by atomic mass is 10.3. The van der Waals surface area contributed by atoms with Crippen LogP contribution in [0.25, 0.3) is 0 Å². The van der Waals surface area contributed by atoms with Gasteiger partial charge in [0.05, 0.1) is 6.07 Å². The lowest BCUT2D eigenvalue weighted by Crippen LogP contribution is -1.96. The number of aliphatic hydroxyl groups is 1. The van der Waals surface area contributed by atoms with Crippen LogP contribution in [0.1, 0.15) is 25.7 Å². The van der Waals surface area contributed by atoms with Crippen LogP contribution in [0, 0.1) is 25.2 Å². The molecule has 3 nitrogen and oxygen atoms in total. The molecule has 0 aromatic heterocycles. The van der Waals surface area contributed by atoms with Gasteiger partial charge in [0.15, 0.2) is 0 Å². The second kappa shape index (κ2) is 17.5. The van der Waals surface area contributed by atoms with E-state index in [0.717, 1.165) is 32.5 Å². The van der Waals surface area contributed by atoms with E-state index in [9.17, 15) is 0 Å². The molecule has 0 unspecified atom stereocenters. The number of ether oxygens (including phenoxy) is 1. The number of nitrogens with zero attached hydrogens (tertiary/aromatic N) is 1. The minimum absolute atomic E-state index is 0.272. The molecule has 0 saturated heterocycles. The summed E-state index contributed by atoms with van der Waals surface area (Å²) in [7, 11) is 0. The van der Waals surface area contributed by atoms with Crippen LogP contribution in [0.3, 0.4) is 0 Å². The van der Waals surface area contributed by atoms with E-state index in [-0.39, 0.29) is 6.61 Å². The van der Waals surface area contributed by atoms with Gasteiger partial charge in [-0.1, -0.05) is 6.92 Å².